The predicted molar refractivity (Wildman–Crippen MR) is 69.1 cm³/mol. The highest BCUT2D eigenvalue weighted by atomic mass is 79.9. The Morgan fingerprint density at radius 2 is 1.95 bits per heavy atom. The normalized spacial score (nSPS) is 16.9. The van der Waals surface area contributed by atoms with Gasteiger partial charge >= 0.3 is 6.18 Å². The molecule has 0 radical (unpaired) electrons. The predicted octanol–water partition coefficient (Wildman–Crippen LogP) is 2.32. The number of alkyl halides is 3. The maximum absolute atomic E-state index is 13.0. The van der Waals surface area contributed by atoms with Gasteiger partial charge in [-0.25, -0.2) is 0 Å². The first-order chi connectivity index (χ1) is 9.29. The fourth-order valence-electron chi connectivity index (χ4n) is 1.92. The molecule has 108 valence electrons. The third kappa shape index (κ3) is 3.12. The molecule has 0 saturated carbocycles. The minimum absolute atomic E-state index is 0.0287. The first-order valence-corrected chi connectivity index (χ1v) is 6.52. The van der Waals surface area contributed by atoms with Gasteiger partial charge in [-0.15, -0.1) is 0 Å². The Labute approximate surface area is 121 Å². The van der Waals surface area contributed by atoms with Gasteiger partial charge in [0.1, 0.15) is 0 Å². The Kier molecular flexibility index (Phi) is 4.03. The van der Waals surface area contributed by atoms with Crippen molar-refractivity contribution in [3.05, 3.63) is 28.2 Å². The summed E-state index contributed by atoms with van der Waals surface area (Å²) in [7, 11) is 0. The van der Waals surface area contributed by atoms with E-state index in [4.69, 9.17) is 0 Å². The largest absolute Gasteiger partial charge is 0.418 e. The summed E-state index contributed by atoms with van der Waals surface area (Å²) in [6.45, 7) is -0.373. The van der Waals surface area contributed by atoms with Crippen LogP contribution < -0.4 is 10.2 Å². The van der Waals surface area contributed by atoms with E-state index in [0.29, 0.717) is 0 Å². The summed E-state index contributed by atoms with van der Waals surface area (Å²) in [5, 5.41) is 2.34. The van der Waals surface area contributed by atoms with Crippen LogP contribution in [0.4, 0.5) is 18.9 Å². The number of carbonyl (C=O) groups excluding carboxylic acids is 2. The zero-order valence-electron chi connectivity index (χ0n) is 10.1. The maximum atomic E-state index is 13.0. The van der Waals surface area contributed by atoms with Crippen LogP contribution in [0.5, 0.6) is 0 Å². The maximum Gasteiger partial charge on any atom is 0.418 e. The van der Waals surface area contributed by atoms with Crippen molar-refractivity contribution in [2.45, 2.75) is 12.6 Å². The molecule has 1 N–H and O–H groups in total. The third-order valence-corrected chi connectivity index (χ3v) is 3.35. The molecule has 0 atom stereocenters. The lowest BCUT2D eigenvalue weighted by atomic mass is 10.1. The molecular weight excluding hydrogens is 341 g/mol. The molecule has 4 nitrogen and oxygen atoms in total. The zero-order valence-corrected chi connectivity index (χ0v) is 11.7. The van der Waals surface area contributed by atoms with Gasteiger partial charge in [0.25, 0.3) is 0 Å². The summed E-state index contributed by atoms with van der Waals surface area (Å²) < 4.78 is 39.4. The molecule has 8 heteroatoms. The molecule has 1 fully saturated rings. The first-order valence-electron chi connectivity index (χ1n) is 5.73. The SMILES string of the molecule is O=C1CCN(c2ccc(Br)cc2C(F)(F)F)C(=O)CN1. The molecule has 1 saturated heterocycles. The summed E-state index contributed by atoms with van der Waals surface area (Å²) in [5.41, 5.74) is -1.14. The van der Waals surface area contributed by atoms with Crippen molar-refractivity contribution in [1.82, 2.24) is 5.32 Å². The quantitative estimate of drug-likeness (QED) is 0.844. The van der Waals surface area contributed by atoms with E-state index >= 15 is 0 Å². The molecule has 1 aromatic carbocycles. The van der Waals surface area contributed by atoms with Gasteiger partial charge in [-0.1, -0.05) is 15.9 Å². The Morgan fingerprint density at radius 3 is 2.60 bits per heavy atom. The van der Waals surface area contributed by atoms with Gasteiger partial charge in [-0.05, 0) is 18.2 Å². The molecule has 20 heavy (non-hydrogen) atoms. The highest BCUT2D eigenvalue weighted by Gasteiger charge is 2.36. The third-order valence-electron chi connectivity index (χ3n) is 2.86. The van der Waals surface area contributed by atoms with E-state index in [2.05, 4.69) is 21.2 Å². The highest BCUT2D eigenvalue weighted by Crippen LogP contribution is 2.38. The first kappa shape index (κ1) is 14.8. The number of rotatable bonds is 1. The number of benzene rings is 1. The van der Waals surface area contributed by atoms with Crippen molar-refractivity contribution in [3.8, 4) is 0 Å². The van der Waals surface area contributed by atoms with Crippen LogP contribution in [0.15, 0.2) is 22.7 Å². The van der Waals surface area contributed by atoms with Crippen LogP contribution in [0.3, 0.4) is 0 Å². The molecule has 0 aromatic heterocycles. The minimum atomic E-state index is -4.58. The van der Waals surface area contributed by atoms with Crippen LogP contribution in [0.1, 0.15) is 12.0 Å². The van der Waals surface area contributed by atoms with Crippen molar-refractivity contribution in [2.24, 2.45) is 0 Å². The molecule has 1 aliphatic rings. The monoisotopic (exact) mass is 350 g/mol. The van der Waals surface area contributed by atoms with Gasteiger partial charge in [-0.2, -0.15) is 13.2 Å². The van der Waals surface area contributed by atoms with E-state index in [0.717, 1.165) is 11.0 Å². The van der Waals surface area contributed by atoms with Gasteiger partial charge in [-0.3, -0.25) is 9.59 Å². The smallest absolute Gasteiger partial charge is 0.347 e. The van der Waals surface area contributed by atoms with Crippen molar-refractivity contribution in [2.75, 3.05) is 18.0 Å². The van der Waals surface area contributed by atoms with Crippen molar-refractivity contribution >= 4 is 33.4 Å². The number of halogens is 4. The lowest BCUT2D eigenvalue weighted by molar-refractivity contribution is -0.137. The van der Waals surface area contributed by atoms with Gasteiger partial charge in [0.15, 0.2) is 0 Å². The van der Waals surface area contributed by atoms with Crippen LogP contribution in [0, 0.1) is 0 Å². The Balaban J connectivity index is 2.46. The second-order valence-electron chi connectivity index (χ2n) is 4.23. The molecule has 0 aliphatic carbocycles. The van der Waals surface area contributed by atoms with Crippen molar-refractivity contribution in [1.29, 1.82) is 0 Å². The summed E-state index contributed by atoms with van der Waals surface area (Å²) >= 11 is 2.98. The number of nitrogens with one attached hydrogen (secondary N) is 1. The molecule has 1 heterocycles. The van der Waals surface area contributed by atoms with Crippen LogP contribution in [-0.2, 0) is 15.8 Å². The lowest BCUT2D eigenvalue weighted by Crippen LogP contribution is -2.36. The second kappa shape index (κ2) is 5.43. The average Bonchev–Trinajstić information content (AvgIpc) is 2.51. The van der Waals surface area contributed by atoms with Crippen LogP contribution in [0.2, 0.25) is 0 Å². The summed E-state index contributed by atoms with van der Waals surface area (Å²) in [6, 6.07) is 3.57. The van der Waals surface area contributed by atoms with E-state index in [-0.39, 0.29) is 35.6 Å². The number of anilines is 1. The molecule has 1 aliphatic heterocycles. The fourth-order valence-corrected chi connectivity index (χ4v) is 2.28. The highest BCUT2D eigenvalue weighted by molar-refractivity contribution is 9.10. The van der Waals surface area contributed by atoms with Crippen LogP contribution >= 0.6 is 15.9 Å². The van der Waals surface area contributed by atoms with Crippen molar-refractivity contribution < 1.29 is 22.8 Å². The van der Waals surface area contributed by atoms with Crippen molar-refractivity contribution in [3.63, 3.8) is 0 Å². The molecule has 1 aromatic rings. The molecule has 0 bridgehead atoms. The van der Waals surface area contributed by atoms with E-state index < -0.39 is 17.6 Å². The Hall–Kier alpha value is -1.57. The second-order valence-corrected chi connectivity index (χ2v) is 5.15. The molecule has 0 unspecified atom stereocenters. The van der Waals surface area contributed by atoms with Gasteiger partial charge in [0.05, 0.1) is 17.8 Å². The standard InChI is InChI=1S/C12H10BrF3N2O2/c13-7-1-2-9(8(5-7)12(14,15)16)18-4-3-10(19)17-6-11(18)20/h1-2,5H,3-4,6H2,(H,17,19). The molecule has 2 rings (SSSR count). The lowest BCUT2D eigenvalue weighted by Gasteiger charge is -2.24. The molecule has 0 spiro atoms. The summed E-state index contributed by atoms with van der Waals surface area (Å²) in [6.07, 6.45) is -4.61. The van der Waals surface area contributed by atoms with E-state index in [9.17, 15) is 22.8 Å². The number of amides is 2. The fraction of sp³-hybridized carbons (Fsp3) is 0.333. The van der Waals surface area contributed by atoms with E-state index in [1.54, 1.807) is 0 Å². The Bertz CT molecular complexity index is 560. The number of nitrogens with zero attached hydrogens (tertiary/aromatic N) is 1. The van der Waals surface area contributed by atoms with Crippen LogP contribution in [0.25, 0.3) is 0 Å². The number of carbonyl (C=O) groups is 2. The Morgan fingerprint density at radius 1 is 1.25 bits per heavy atom. The van der Waals surface area contributed by atoms with Gasteiger partial charge < -0.3 is 10.2 Å². The molecular formula is C12H10BrF3N2O2. The number of hydrogen-bond acceptors (Lipinski definition) is 2. The molecule has 2 amide bonds. The summed E-state index contributed by atoms with van der Waals surface area (Å²) in [4.78, 5) is 24.1. The average molecular weight is 351 g/mol. The minimum Gasteiger partial charge on any atom is -0.347 e. The van der Waals surface area contributed by atoms with E-state index in [1.807, 2.05) is 0 Å². The van der Waals surface area contributed by atoms with Crippen LogP contribution in [-0.4, -0.2) is 24.9 Å². The zero-order chi connectivity index (χ0) is 14.9. The van der Waals surface area contributed by atoms with E-state index in [1.165, 1.54) is 12.1 Å². The van der Waals surface area contributed by atoms with Gasteiger partial charge in [0, 0.05) is 17.4 Å². The topological polar surface area (TPSA) is 49.4 Å². The number of hydrogen-bond donors (Lipinski definition) is 1. The van der Waals surface area contributed by atoms with Gasteiger partial charge in [0.2, 0.25) is 11.8 Å². The summed E-state index contributed by atoms with van der Waals surface area (Å²) in [5.74, 6) is -0.921.